The number of piperazine rings is 1. The number of nitrogens with zero attached hydrogens (tertiary/aromatic N) is 3. The van der Waals surface area contributed by atoms with E-state index in [1.165, 1.54) is 25.8 Å². The zero-order chi connectivity index (χ0) is 21.0. The summed E-state index contributed by atoms with van der Waals surface area (Å²) in [6, 6.07) is 4.93. The van der Waals surface area contributed by atoms with Crippen LogP contribution in [0.4, 0.5) is 11.4 Å². The van der Waals surface area contributed by atoms with Crippen molar-refractivity contribution in [2.24, 2.45) is 5.92 Å². The minimum absolute atomic E-state index is 0.0460. The maximum Gasteiger partial charge on any atom is 0.293 e. The summed E-state index contributed by atoms with van der Waals surface area (Å²) in [4.78, 5) is 39.0. The Labute approximate surface area is 171 Å². The van der Waals surface area contributed by atoms with E-state index in [9.17, 15) is 19.7 Å². The highest BCUT2D eigenvalue weighted by Gasteiger charge is 2.26. The first-order valence-electron chi connectivity index (χ1n) is 10.4. The predicted octanol–water partition coefficient (Wildman–Crippen LogP) is 2.61. The highest BCUT2D eigenvalue weighted by atomic mass is 16.6. The molecule has 8 nitrogen and oxygen atoms in total. The van der Waals surface area contributed by atoms with Crippen molar-refractivity contribution in [2.45, 2.75) is 45.6 Å². The lowest BCUT2D eigenvalue weighted by molar-refractivity contribution is -0.384. The smallest absolute Gasteiger partial charge is 0.293 e. The normalized spacial score (nSPS) is 22.9. The number of hydrogen-bond acceptors (Lipinski definition) is 6. The van der Waals surface area contributed by atoms with Gasteiger partial charge in [0.2, 0.25) is 5.91 Å². The summed E-state index contributed by atoms with van der Waals surface area (Å²) in [6.45, 7) is 6.54. The minimum Gasteiger partial charge on any atom is -0.363 e. The number of carbonyl (C=O) groups excluding carboxylic acids is 2. The van der Waals surface area contributed by atoms with Gasteiger partial charge in [0.25, 0.3) is 5.69 Å². The number of nitrogens with one attached hydrogen (secondary N) is 1. The van der Waals surface area contributed by atoms with Gasteiger partial charge in [-0.25, -0.2) is 0 Å². The maximum absolute atomic E-state index is 12.4. The molecule has 1 N–H and O–H groups in total. The zero-order valence-electron chi connectivity index (χ0n) is 17.2. The number of amides is 1. The predicted molar refractivity (Wildman–Crippen MR) is 111 cm³/mol. The summed E-state index contributed by atoms with van der Waals surface area (Å²) in [7, 11) is 0. The van der Waals surface area contributed by atoms with Crippen LogP contribution in [-0.4, -0.2) is 60.3 Å². The summed E-state index contributed by atoms with van der Waals surface area (Å²) >= 11 is 0. The summed E-state index contributed by atoms with van der Waals surface area (Å²) in [6.07, 6.45) is 4.53. The first-order chi connectivity index (χ1) is 13.8. The molecule has 0 aromatic heterocycles. The molecule has 1 heterocycles. The summed E-state index contributed by atoms with van der Waals surface area (Å²) in [5.74, 6) is 0.542. The molecule has 0 spiro atoms. The molecule has 1 aromatic rings. The van der Waals surface area contributed by atoms with E-state index in [1.807, 2.05) is 4.90 Å². The van der Waals surface area contributed by atoms with Crippen molar-refractivity contribution in [3.8, 4) is 0 Å². The van der Waals surface area contributed by atoms with Crippen LogP contribution in [0.25, 0.3) is 0 Å². The molecule has 8 heteroatoms. The Morgan fingerprint density at radius 2 is 1.93 bits per heavy atom. The molecule has 1 aromatic carbocycles. The molecule has 1 amide bonds. The lowest BCUT2D eigenvalue weighted by Crippen LogP contribution is -2.51. The van der Waals surface area contributed by atoms with E-state index in [-0.39, 0.29) is 23.4 Å². The van der Waals surface area contributed by atoms with Crippen LogP contribution >= 0.6 is 0 Å². The number of hydrogen-bond donors (Lipinski definition) is 1. The molecule has 2 fully saturated rings. The Morgan fingerprint density at radius 1 is 1.21 bits per heavy atom. The van der Waals surface area contributed by atoms with Gasteiger partial charge in [-0.2, -0.15) is 0 Å². The number of nitro groups is 1. The van der Waals surface area contributed by atoms with Gasteiger partial charge >= 0.3 is 0 Å². The second kappa shape index (κ2) is 9.35. The molecule has 3 rings (SSSR count). The fourth-order valence-electron chi connectivity index (χ4n) is 4.34. The third-order valence-electron chi connectivity index (χ3n) is 5.96. The van der Waals surface area contributed by atoms with Crippen molar-refractivity contribution in [1.82, 2.24) is 10.2 Å². The Kier molecular flexibility index (Phi) is 6.84. The van der Waals surface area contributed by atoms with E-state index in [1.54, 1.807) is 12.1 Å². The minimum atomic E-state index is -0.438. The molecule has 1 saturated carbocycles. The van der Waals surface area contributed by atoms with Crippen LogP contribution in [0.1, 0.15) is 49.9 Å². The monoisotopic (exact) mass is 402 g/mol. The van der Waals surface area contributed by atoms with E-state index in [4.69, 9.17) is 0 Å². The van der Waals surface area contributed by atoms with Crippen LogP contribution in [0.2, 0.25) is 0 Å². The van der Waals surface area contributed by atoms with Gasteiger partial charge in [0, 0.05) is 43.9 Å². The topological polar surface area (TPSA) is 95.8 Å². The van der Waals surface area contributed by atoms with Crippen molar-refractivity contribution in [3.63, 3.8) is 0 Å². The molecule has 2 atom stereocenters. The highest BCUT2D eigenvalue weighted by Crippen LogP contribution is 2.30. The fraction of sp³-hybridized carbons (Fsp3) is 0.619. The van der Waals surface area contributed by atoms with Crippen LogP contribution in [-0.2, 0) is 4.79 Å². The van der Waals surface area contributed by atoms with Crippen LogP contribution in [0.15, 0.2) is 18.2 Å². The lowest BCUT2D eigenvalue weighted by Gasteiger charge is -2.36. The standard InChI is InChI=1S/C21H30N4O4/c1-15-4-3-5-18(12-15)22-21(27)14-23-8-10-24(11-9-23)19-7-6-17(16(2)26)13-20(19)25(28)29/h6-7,13,15,18H,3-5,8-12,14H2,1-2H3,(H,22,27). The molecule has 1 saturated heterocycles. The van der Waals surface area contributed by atoms with Gasteiger partial charge in [0.05, 0.1) is 11.5 Å². The average Bonchev–Trinajstić information content (AvgIpc) is 2.68. The average molecular weight is 402 g/mol. The van der Waals surface area contributed by atoms with Gasteiger partial charge in [-0.1, -0.05) is 19.8 Å². The van der Waals surface area contributed by atoms with Crippen molar-refractivity contribution < 1.29 is 14.5 Å². The molecule has 0 radical (unpaired) electrons. The Morgan fingerprint density at radius 3 is 2.55 bits per heavy atom. The van der Waals surface area contributed by atoms with Crippen molar-refractivity contribution in [3.05, 3.63) is 33.9 Å². The van der Waals surface area contributed by atoms with Gasteiger partial charge in [0.15, 0.2) is 5.78 Å². The van der Waals surface area contributed by atoms with E-state index < -0.39 is 4.92 Å². The van der Waals surface area contributed by atoms with Gasteiger partial charge in [-0.3, -0.25) is 24.6 Å². The van der Waals surface area contributed by atoms with E-state index in [0.717, 1.165) is 12.8 Å². The molecular weight excluding hydrogens is 372 g/mol. The van der Waals surface area contributed by atoms with E-state index >= 15 is 0 Å². The molecule has 0 bridgehead atoms. The number of Topliss-reactive ketones (excluding diaryl/α,β-unsaturated/α-hetero) is 1. The first-order valence-corrected chi connectivity index (χ1v) is 10.4. The fourth-order valence-corrected chi connectivity index (χ4v) is 4.34. The Balaban J connectivity index is 1.54. The van der Waals surface area contributed by atoms with Crippen LogP contribution < -0.4 is 10.2 Å². The van der Waals surface area contributed by atoms with Crippen LogP contribution in [0.5, 0.6) is 0 Å². The van der Waals surface area contributed by atoms with Crippen molar-refractivity contribution in [1.29, 1.82) is 0 Å². The second-order valence-corrected chi connectivity index (χ2v) is 8.32. The number of benzene rings is 1. The molecule has 2 aliphatic rings. The molecular formula is C21H30N4O4. The summed E-state index contributed by atoms with van der Waals surface area (Å²) in [5.41, 5.74) is 0.823. The lowest BCUT2D eigenvalue weighted by atomic mass is 9.87. The van der Waals surface area contributed by atoms with Gasteiger partial charge in [-0.15, -0.1) is 0 Å². The van der Waals surface area contributed by atoms with E-state index in [0.29, 0.717) is 49.9 Å². The van der Waals surface area contributed by atoms with Gasteiger partial charge in [-0.05, 0) is 37.8 Å². The number of nitro benzene ring substituents is 1. The number of carbonyl (C=O) groups is 2. The van der Waals surface area contributed by atoms with Crippen LogP contribution in [0.3, 0.4) is 0 Å². The van der Waals surface area contributed by atoms with E-state index in [2.05, 4.69) is 17.1 Å². The number of ketones is 1. The highest BCUT2D eigenvalue weighted by molar-refractivity contribution is 5.95. The first kappa shape index (κ1) is 21.2. The summed E-state index contributed by atoms with van der Waals surface area (Å²) < 4.78 is 0. The second-order valence-electron chi connectivity index (χ2n) is 8.32. The molecule has 158 valence electrons. The summed E-state index contributed by atoms with van der Waals surface area (Å²) in [5, 5.41) is 14.6. The van der Waals surface area contributed by atoms with Crippen LogP contribution in [0, 0.1) is 16.0 Å². The van der Waals surface area contributed by atoms with Crippen molar-refractivity contribution >= 4 is 23.1 Å². The quantitative estimate of drug-likeness (QED) is 0.446. The Hall–Kier alpha value is -2.48. The molecule has 1 aliphatic carbocycles. The number of anilines is 1. The molecule has 1 aliphatic heterocycles. The molecule has 2 unspecified atom stereocenters. The molecule has 29 heavy (non-hydrogen) atoms. The zero-order valence-corrected chi connectivity index (χ0v) is 17.2. The third-order valence-corrected chi connectivity index (χ3v) is 5.96. The third kappa shape index (κ3) is 5.53. The SMILES string of the molecule is CC(=O)c1ccc(N2CCN(CC(=O)NC3CCCC(C)C3)CC2)c([N+](=O)[O-])c1. The maximum atomic E-state index is 12.4. The van der Waals surface area contributed by atoms with Gasteiger partial charge < -0.3 is 10.2 Å². The van der Waals surface area contributed by atoms with Gasteiger partial charge in [0.1, 0.15) is 5.69 Å². The Bertz CT molecular complexity index is 774. The number of rotatable bonds is 6. The van der Waals surface area contributed by atoms with Crippen molar-refractivity contribution in [2.75, 3.05) is 37.6 Å². The largest absolute Gasteiger partial charge is 0.363 e.